The van der Waals surface area contributed by atoms with Gasteiger partial charge in [0.1, 0.15) is 0 Å². The molecule has 17 atom stereocenters. The minimum absolute atomic E-state index is 0.00740. The predicted octanol–water partition coefficient (Wildman–Crippen LogP) is 3.11. The van der Waals surface area contributed by atoms with Crippen LogP contribution in [0.5, 0.6) is 0 Å². The van der Waals surface area contributed by atoms with Gasteiger partial charge in [0.15, 0.2) is 5.78 Å². The van der Waals surface area contributed by atoms with Crippen LogP contribution in [0.3, 0.4) is 0 Å². The molecule has 13 nitrogen and oxygen atoms in total. The van der Waals surface area contributed by atoms with E-state index < -0.39 is 11.9 Å². The Kier molecular flexibility index (Phi) is 9.62. The van der Waals surface area contributed by atoms with Crippen molar-refractivity contribution in [2.75, 3.05) is 0 Å². The summed E-state index contributed by atoms with van der Waals surface area (Å²) in [6.07, 6.45) is 18.8. The summed E-state index contributed by atoms with van der Waals surface area (Å²) in [6.45, 7) is 0. The molecule has 294 valence electrons. The molecule has 10 N–H and O–H groups in total. The van der Waals surface area contributed by atoms with Gasteiger partial charge in [-0.2, -0.15) is 0 Å². The fourth-order valence-corrected chi connectivity index (χ4v) is 13.6. The van der Waals surface area contributed by atoms with E-state index in [1.807, 2.05) is 0 Å². The normalized spacial score (nSPS) is 46.9. The third-order valence-electron chi connectivity index (χ3n) is 16.0. The summed E-state index contributed by atoms with van der Waals surface area (Å²) in [4.78, 5) is 38.6. The maximum absolute atomic E-state index is 14.6. The largest absolute Gasteiger partial charge is 0.478 e. The minimum Gasteiger partial charge on any atom is -0.478 e. The predicted molar refractivity (Wildman–Crippen MR) is 201 cm³/mol. The van der Waals surface area contributed by atoms with Gasteiger partial charge in [0.25, 0.3) is 0 Å². The number of aromatic carboxylic acids is 2. The SMILES string of the molecule is O=C(O)c1ccc(C(=O)C2CCCC3C4NC5NC(NC6NC(NC7NC(NC(N4)C23)C2CCCCC72)C2CCCCC62)C2CCCCC52)cc1C(=O)O. The van der Waals surface area contributed by atoms with Gasteiger partial charge >= 0.3 is 11.9 Å². The second-order valence-corrected chi connectivity index (χ2v) is 18.5. The van der Waals surface area contributed by atoms with Gasteiger partial charge in [0, 0.05) is 17.4 Å². The fourth-order valence-electron chi connectivity index (χ4n) is 13.6. The smallest absolute Gasteiger partial charge is 0.336 e. The third-order valence-corrected chi connectivity index (χ3v) is 16.0. The number of rotatable bonds is 4. The Hall–Kier alpha value is -2.49. The Labute approximate surface area is 318 Å². The monoisotopic (exact) mass is 744 g/mol. The third kappa shape index (κ3) is 6.16. The van der Waals surface area contributed by atoms with Crippen LogP contribution < -0.4 is 42.5 Å². The second-order valence-electron chi connectivity index (χ2n) is 18.5. The Morgan fingerprint density at radius 1 is 0.426 bits per heavy atom. The van der Waals surface area contributed by atoms with E-state index in [0.29, 0.717) is 35.5 Å². The van der Waals surface area contributed by atoms with E-state index in [2.05, 4.69) is 42.5 Å². The lowest BCUT2D eigenvalue weighted by Gasteiger charge is -2.39. The summed E-state index contributed by atoms with van der Waals surface area (Å²) in [6, 6.07) is 4.09. The molecule has 1 aromatic rings. The van der Waals surface area contributed by atoms with Crippen LogP contribution in [0.15, 0.2) is 18.2 Å². The number of hydrogen-bond acceptors (Lipinski definition) is 11. The number of nitrogens with one attached hydrogen (secondary N) is 8. The van der Waals surface area contributed by atoms with Gasteiger partial charge < -0.3 is 10.2 Å². The summed E-state index contributed by atoms with van der Waals surface area (Å²) in [5, 5.41) is 52.6. The Balaban J connectivity index is 1.000. The second kappa shape index (κ2) is 14.5. The molecule has 54 heavy (non-hydrogen) atoms. The first-order valence-corrected chi connectivity index (χ1v) is 21.6. The molecule has 0 amide bonds. The first-order chi connectivity index (χ1) is 26.3. The number of carbonyl (C=O) groups is 3. The molecule has 4 aliphatic carbocycles. The zero-order valence-electron chi connectivity index (χ0n) is 31.3. The molecule has 8 bridgehead atoms. The lowest BCUT2D eigenvalue weighted by Crippen LogP contribution is -2.62. The zero-order valence-corrected chi connectivity index (χ0v) is 31.3. The highest BCUT2D eigenvalue weighted by atomic mass is 16.4. The van der Waals surface area contributed by atoms with Crippen LogP contribution in [0.4, 0.5) is 0 Å². The highest BCUT2D eigenvalue weighted by Crippen LogP contribution is 2.47. The minimum atomic E-state index is -1.34. The van der Waals surface area contributed by atoms with Crippen molar-refractivity contribution in [2.45, 2.75) is 146 Å². The van der Waals surface area contributed by atoms with Crippen LogP contribution in [-0.4, -0.2) is 77.3 Å². The highest BCUT2D eigenvalue weighted by molar-refractivity contribution is 6.05. The van der Waals surface area contributed by atoms with E-state index in [4.69, 9.17) is 0 Å². The van der Waals surface area contributed by atoms with Gasteiger partial charge in [-0.15, -0.1) is 0 Å². The number of ketones is 1. The Bertz CT molecular complexity index is 1630. The van der Waals surface area contributed by atoms with Gasteiger partial charge in [0.2, 0.25) is 0 Å². The number of fused-ring (bicyclic) bond motifs is 20. The van der Waals surface area contributed by atoms with Crippen molar-refractivity contribution in [1.29, 1.82) is 0 Å². The molecule has 5 aliphatic heterocycles. The van der Waals surface area contributed by atoms with Crippen molar-refractivity contribution in [3.8, 4) is 0 Å². The average molecular weight is 745 g/mol. The van der Waals surface area contributed by atoms with E-state index in [1.165, 1.54) is 95.2 Å². The summed E-state index contributed by atoms with van der Waals surface area (Å²) in [5.41, 5.74) is -0.352. The van der Waals surface area contributed by atoms with Crippen LogP contribution in [0.25, 0.3) is 0 Å². The summed E-state index contributed by atoms with van der Waals surface area (Å²) in [5.74, 6) is 0.472. The summed E-state index contributed by atoms with van der Waals surface area (Å²) >= 11 is 0. The number of carboxylic acid groups (broad SMARTS) is 2. The topological polar surface area (TPSA) is 188 Å². The van der Waals surface area contributed by atoms with Crippen molar-refractivity contribution in [2.24, 2.45) is 53.3 Å². The van der Waals surface area contributed by atoms with Gasteiger partial charge in [-0.1, -0.05) is 51.0 Å². The Morgan fingerprint density at radius 2 is 0.778 bits per heavy atom. The van der Waals surface area contributed by atoms with Crippen LogP contribution in [0, 0.1) is 53.3 Å². The van der Waals surface area contributed by atoms with Crippen LogP contribution in [-0.2, 0) is 0 Å². The van der Waals surface area contributed by atoms with Crippen LogP contribution in [0.1, 0.15) is 127 Å². The number of carbonyl (C=O) groups excluding carboxylic acids is 1. The van der Waals surface area contributed by atoms with Gasteiger partial charge in [-0.3, -0.25) is 47.3 Å². The summed E-state index contributed by atoms with van der Waals surface area (Å²) in [7, 11) is 0. The quantitative estimate of drug-likeness (QED) is 0.203. The van der Waals surface area contributed by atoms with Crippen molar-refractivity contribution in [3.05, 3.63) is 34.9 Å². The molecule has 5 saturated heterocycles. The van der Waals surface area contributed by atoms with Crippen molar-refractivity contribution in [3.63, 3.8) is 0 Å². The van der Waals surface area contributed by atoms with Gasteiger partial charge in [0.05, 0.1) is 60.5 Å². The zero-order chi connectivity index (χ0) is 36.7. The molecule has 9 aliphatic rings. The molecule has 10 rings (SSSR count). The standard InChI is InChI=1S/C41H60N8O5/c50-31(19-16-17-26(40(51)52)29(18-19)41(53)54)27-14-7-15-28-30(27)39-48-37-25-13-6-5-12-24(25)35(46-37)44-33-21-9-2-1-8-20(21)32(42-33)43-34-22-10-3-4-11-23(22)36(45-34)47-38(28)49-39/h16-18,20-25,27-28,30,32-39,42-49H,1-15H2,(H,51,52)(H,53,54). The molecular formula is C41H60N8O5. The van der Waals surface area contributed by atoms with Gasteiger partial charge in [-0.25, -0.2) is 9.59 Å². The maximum atomic E-state index is 14.6. The van der Waals surface area contributed by atoms with Crippen molar-refractivity contribution >= 4 is 17.7 Å². The molecule has 1 aromatic carbocycles. The molecule has 0 aromatic heterocycles. The number of benzene rings is 1. The lowest BCUT2D eigenvalue weighted by molar-refractivity contribution is 0.0650. The molecule has 17 unspecified atom stereocenters. The first-order valence-electron chi connectivity index (χ1n) is 21.6. The highest BCUT2D eigenvalue weighted by Gasteiger charge is 2.56. The molecule has 13 heteroatoms. The molecule has 0 spiro atoms. The van der Waals surface area contributed by atoms with E-state index in [-0.39, 0.29) is 89.6 Å². The maximum Gasteiger partial charge on any atom is 0.336 e. The number of carboxylic acids is 2. The Morgan fingerprint density at radius 3 is 1.17 bits per heavy atom. The molecular weight excluding hydrogens is 685 g/mol. The molecule has 0 radical (unpaired) electrons. The van der Waals surface area contributed by atoms with E-state index in [1.54, 1.807) is 0 Å². The molecule has 9 fully saturated rings. The van der Waals surface area contributed by atoms with Crippen molar-refractivity contribution < 1.29 is 24.6 Å². The molecule has 5 heterocycles. The van der Waals surface area contributed by atoms with E-state index in [0.717, 1.165) is 19.3 Å². The van der Waals surface area contributed by atoms with E-state index >= 15 is 0 Å². The number of hydrogen-bond donors (Lipinski definition) is 10. The van der Waals surface area contributed by atoms with Crippen LogP contribution >= 0.6 is 0 Å². The van der Waals surface area contributed by atoms with E-state index in [9.17, 15) is 24.6 Å². The molecule has 4 saturated carbocycles. The van der Waals surface area contributed by atoms with Crippen molar-refractivity contribution in [1.82, 2.24) is 42.5 Å². The average Bonchev–Trinajstić information content (AvgIpc) is 3.93. The first kappa shape index (κ1) is 35.9. The fraction of sp³-hybridized carbons (Fsp3) is 0.780. The summed E-state index contributed by atoms with van der Waals surface area (Å²) < 4.78 is 0. The number of Topliss-reactive ketones (excluding diaryl/α,β-unsaturated/α-hetero) is 1. The van der Waals surface area contributed by atoms with Crippen LogP contribution in [0.2, 0.25) is 0 Å². The lowest BCUT2D eigenvalue weighted by atomic mass is 9.68. The van der Waals surface area contributed by atoms with Gasteiger partial charge in [-0.05, 0) is 105 Å².